The molecule has 3 aliphatic rings. The van der Waals surface area contributed by atoms with Gasteiger partial charge in [0.05, 0.1) is 24.4 Å². The summed E-state index contributed by atoms with van der Waals surface area (Å²) < 4.78 is 0. The summed E-state index contributed by atoms with van der Waals surface area (Å²) in [4.78, 5) is 22.7. The van der Waals surface area contributed by atoms with E-state index in [9.17, 15) is 14.7 Å². The molecule has 1 saturated heterocycles. The predicted octanol–water partition coefficient (Wildman–Crippen LogP) is 2.44. The number of carbonyl (C=O) groups excluding carboxylic acids is 1. The molecule has 0 aromatic heterocycles. The summed E-state index contributed by atoms with van der Waals surface area (Å²) in [7, 11) is 0. The molecule has 3 fully saturated rings. The smallest absolute Gasteiger partial charge is 0.338 e. The van der Waals surface area contributed by atoms with E-state index in [1.807, 2.05) is 0 Å². The lowest BCUT2D eigenvalue weighted by molar-refractivity contribution is -0.137. The van der Waals surface area contributed by atoms with Crippen molar-refractivity contribution in [1.82, 2.24) is 10.3 Å². The number of nitrogens with zero attached hydrogens (tertiary/aromatic N) is 2. The van der Waals surface area contributed by atoms with Crippen LogP contribution in [0.15, 0.2) is 5.10 Å². The van der Waals surface area contributed by atoms with Gasteiger partial charge in [-0.1, -0.05) is 19.3 Å². The summed E-state index contributed by atoms with van der Waals surface area (Å²) in [6.45, 7) is 0. The van der Waals surface area contributed by atoms with Crippen LogP contribution in [0.2, 0.25) is 0 Å². The number of fused-ring (bicyclic) bond motifs is 1. The van der Waals surface area contributed by atoms with Gasteiger partial charge in [-0.3, -0.25) is 4.79 Å². The number of hydrazone groups is 1. The topological polar surface area (TPSA) is 102 Å². The number of rotatable bonds is 8. The van der Waals surface area contributed by atoms with Crippen molar-refractivity contribution < 1.29 is 19.8 Å². The third-order valence-corrected chi connectivity index (χ3v) is 7.06. The molecule has 1 heterocycles. The minimum absolute atomic E-state index is 0.0364. The number of aliphatic hydroxyl groups is 1. The van der Waals surface area contributed by atoms with Crippen LogP contribution in [0.5, 0.6) is 0 Å². The molecule has 0 bridgehead atoms. The van der Waals surface area contributed by atoms with Crippen LogP contribution in [0.4, 0.5) is 4.79 Å². The average molecular weight is 384 g/mol. The van der Waals surface area contributed by atoms with E-state index in [0.717, 1.165) is 44.3 Å². The van der Waals surface area contributed by atoms with Gasteiger partial charge in [0, 0.05) is 11.7 Å². The molecular formula is C18H29N3O4S. The zero-order valence-electron chi connectivity index (χ0n) is 15.0. The Morgan fingerprint density at radius 1 is 1.35 bits per heavy atom. The van der Waals surface area contributed by atoms with Crippen molar-refractivity contribution in [2.45, 2.75) is 81.2 Å². The van der Waals surface area contributed by atoms with Crippen LogP contribution in [0.3, 0.4) is 0 Å². The lowest BCUT2D eigenvalue weighted by Crippen LogP contribution is -2.32. The van der Waals surface area contributed by atoms with Gasteiger partial charge in [-0.05, 0) is 43.8 Å². The molecule has 2 amide bonds. The van der Waals surface area contributed by atoms with E-state index in [-0.39, 0.29) is 30.5 Å². The fourth-order valence-corrected chi connectivity index (χ4v) is 5.58. The molecular weight excluding hydrogens is 354 g/mol. The van der Waals surface area contributed by atoms with Crippen LogP contribution < -0.4 is 5.32 Å². The molecule has 3 rings (SSSR count). The zero-order valence-corrected chi connectivity index (χ0v) is 15.9. The number of aliphatic hydroxyl groups excluding tert-OH is 1. The molecule has 146 valence electrons. The molecule has 26 heavy (non-hydrogen) atoms. The second-order valence-electron chi connectivity index (χ2n) is 7.58. The monoisotopic (exact) mass is 383 g/mol. The van der Waals surface area contributed by atoms with Crippen molar-refractivity contribution >= 4 is 30.0 Å². The van der Waals surface area contributed by atoms with Crippen LogP contribution in [0.25, 0.3) is 0 Å². The molecule has 4 atom stereocenters. The van der Waals surface area contributed by atoms with Gasteiger partial charge < -0.3 is 15.5 Å². The Morgan fingerprint density at radius 2 is 2.12 bits per heavy atom. The summed E-state index contributed by atoms with van der Waals surface area (Å²) in [6.07, 6.45) is 9.22. The Kier molecular flexibility index (Phi) is 6.80. The quantitative estimate of drug-likeness (QED) is 0.441. The summed E-state index contributed by atoms with van der Waals surface area (Å²) in [5, 5.41) is 28.3. The van der Waals surface area contributed by atoms with Crippen molar-refractivity contribution in [2.24, 2.45) is 11.0 Å². The van der Waals surface area contributed by atoms with Crippen LogP contribution in [-0.4, -0.2) is 62.6 Å². The van der Waals surface area contributed by atoms with Gasteiger partial charge in [-0.25, -0.2) is 9.80 Å². The third kappa shape index (κ3) is 4.91. The molecule has 2 saturated carbocycles. The maximum atomic E-state index is 12.2. The number of urea groups is 1. The van der Waals surface area contributed by atoms with Crippen LogP contribution >= 0.6 is 11.8 Å². The number of hydrogen-bond donors (Lipinski definition) is 3. The number of aliphatic carboxylic acids is 1. The summed E-state index contributed by atoms with van der Waals surface area (Å²) in [6, 6.07) is -0.0425. The lowest BCUT2D eigenvalue weighted by atomic mass is 9.86. The van der Waals surface area contributed by atoms with Crippen molar-refractivity contribution in [3.63, 3.8) is 0 Å². The summed E-state index contributed by atoms with van der Waals surface area (Å²) >= 11 is 1.79. The van der Waals surface area contributed by atoms with E-state index in [0.29, 0.717) is 11.7 Å². The average Bonchev–Trinajstić information content (AvgIpc) is 3.14. The second kappa shape index (κ2) is 9.08. The molecule has 7 nitrogen and oxygen atoms in total. The van der Waals surface area contributed by atoms with Crippen LogP contribution in [0, 0.1) is 5.92 Å². The highest BCUT2D eigenvalue weighted by atomic mass is 32.2. The first-order valence-corrected chi connectivity index (χ1v) is 10.7. The molecule has 1 aliphatic heterocycles. The SMILES string of the molecule is O=C(O)CCCSC1CC2NC(=O)N(N=CC(O)C3CCCCC3)C2C1. The number of carboxylic acid groups (broad SMARTS) is 1. The minimum Gasteiger partial charge on any atom is -0.481 e. The van der Waals surface area contributed by atoms with E-state index in [1.165, 1.54) is 11.4 Å². The van der Waals surface area contributed by atoms with E-state index in [2.05, 4.69) is 10.4 Å². The number of carbonyl (C=O) groups is 2. The first kappa shape index (κ1) is 19.5. The van der Waals surface area contributed by atoms with Crippen molar-refractivity contribution in [2.75, 3.05) is 5.75 Å². The number of carboxylic acids is 1. The maximum Gasteiger partial charge on any atom is 0.338 e. The third-order valence-electron chi connectivity index (χ3n) is 5.68. The van der Waals surface area contributed by atoms with Crippen LogP contribution in [-0.2, 0) is 4.79 Å². The zero-order chi connectivity index (χ0) is 18.5. The fraction of sp³-hybridized carbons (Fsp3) is 0.833. The highest BCUT2D eigenvalue weighted by Crippen LogP contribution is 2.36. The van der Waals surface area contributed by atoms with Gasteiger partial charge >= 0.3 is 12.0 Å². The fourth-order valence-electron chi connectivity index (χ4n) is 4.26. The standard InChI is InChI=1S/C18H29N3O4S/c22-16(12-5-2-1-3-6-12)11-19-21-15-10-13(9-14(15)20-18(21)25)26-8-4-7-17(23)24/h11-16,22H,1-10H2,(H,20,25)(H,23,24). The predicted molar refractivity (Wildman–Crippen MR) is 101 cm³/mol. The van der Waals surface area contributed by atoms with Crippen molar-refractivity contribution in [1.29, 1.82) is 0 Å². The van der Waals surface area contributed by atoms with Gasteiger partial charge in [0.2, 0.25) is 0 Å². The van der Waals surface area contributed by atoms with Gasteiger partial charge in [-0.15, -0.1) is 0 Å². The molecule has 0 radical (unpaired) electrons. The van der Waals surface area contributed by atoms with E-state index in [4.69, 9.17) is 5.11 Å². The largest absolute Gasteiger partial charge is 0.481 e. The van der Waals surface area contributed by atoms with Gasteiger partial charge in [-0.2, -0.15) is 16.9 Å². The van der Waals surface area contributed by atoms with E-state index in [1.54, 1.807) is 18.0 Å². The van der Waals surface area contributed by atoms with Crippen molar-refractivity contribution in [3.8, 4) is 0 Å². The normalized spacial score (nSPS) is 30.6. The van der Waals surface area contributed by atoms with Gasteiger partial charge in [0.15, 0.2) is 0 Å². The van der Waals surface area contributed by atoms with Crippen LogP contribution in [0.1, 0.15) is 57.8 Å². The van der Waals surface area contributed by atoms with Gasteiger partial charge in [0.25, 0.3) is 0 Å². The Hall–Kier alpha value is -1.28. The highest BCUT2D eigenvalue weighted by Gasteiger charge is 2.46. The molecule has 4 unspecified atom stereocenters. The summed E-state index contributed by atoms with van der Waals surface area (Å²) in [5.74, 6) is 0.335. The molecule has 3 N–H and O–H groups in total. The number of amides is 2. The first-order chi connectivity index (χ1) is 12.5. The van der Waals surface area contributed by atoms with E-state index >= 15 is 0 Å². The molecule has 2 aliphatic carbocycles. The lowest BCUT2D eigenvalue weighted by Gasteiger charge is -2.24. The molecule has 0 aromatic carbocycles. The first-order valence-electron chi connectivity index (χ1n) is 9.70. The highest BCUT2D eigenvalue weighted by molar-refractivity contribution is 7.99. The van der Waals surface area contributed by atoms with E-state index < -0.39 is 12.1 Å². The number of nitrogens with one attached hydrogen (secondary N) is 1. The number of thioether (sulfide) groups is 1. The summed E-state index contributed by atoms with van der Waals surface area (Å²) in [5.41, 5.74) is 0. The number of hydrogen-bond acceptors (Lipinski definition) is 5. The Balaban J connectivity index is 1.48. The Labute approximate surface area is 158 Å². The Morgan fingerprint density at radius 3 is 2.85 bits per heavy atom. The molecule has 0 aromatic rings. The second-order valence-corrected chi connectivity index (χ2v) is 8.99. The minimum atomic E-state index is -0.752. The Bertz CT molecular complexity index is 539. The maximum absolute atomic E-state index is 12.2. The van der Waals surface area contributed by atoms with Crippen molar-refractivity contribution in [3.05, 3.63) is 0 Å². The molecule has 0 spiro atoms. The molecule has 8 heteroatoms. The van der Waals surface area contributed by atoms with Gasteiger partial charge in [0.1, 0.15) is 0 Å².